The molecule has 7 rings (SSSR count). The Hall–Kier alpha value is -1.69. The minimum atomic E-state index is 0. The van der Waals surface area contributed by atoms with Crippen LogP contribution in [0.25, 0.3) is 0 Å². The van der Waals surface area contributed by atoms with E-state index in [0.29, 0.717) is 36.9 Å². The zero-order valence-corrected chi connectivity index (χ0v) is 14.7. The first kappa shape index (κ1) is 15.4. The van der Waals surface area contributed by atoms with Crippen LogP contribution in [0.4, 0.5) is 5.69 Å². The summed E-state index contributed by atoms with van der Waals surface area (Å²) >= 11 is 0. The topological polar surface area (TPSA) is 64.3 Å². The molecule has 1 spiro atoms. The van der Waals surface area contributed by atoms with Gasteiger partial charge in [-0.15, -0.1) is 0 Å². The molecule has 2 N–H and O–H groups in total. The van der Waals surface area contributed by atoms with Crippen molar-refractivity contribution in [2.45, 2.75) is 42.9 Å². The predicted octanol–water partition coefficient (Wildman–Crippen LogP) is 1.27. The van der Waals surface area contributed by atoms with E-state index in [1.165, 1.54) is 30.6 Å². The summed E-state index contributed by atoms with van der Waals surface area (Å²) in [4.78, 5) is 18.1. The normalized spacial score (nSPS) is 44.2. The van der Waals surface area contributed by atoms with Crippen LogP contribution in [0.3, 0.4) is 0 Å². The van der Waals surface area contributed by atoms with Crippen LogP contribution in [0.2, 0.25) is 0 Å². The first-order chi connectivity index (χ1) is 12.3. The number of piperidine rings is 2. The summed E-state index contributed by atoms with van der Waals surface area (Å²) < 4.78 is 6.25. The fourth-order valence-corrected chi connectivity index (χ4v) is 7.51. The highest BCUT2D eigenvalue weighted by Gasteiger charge is 2.70. The van der Waals surface area contributed by atoms with Crippen molar-refractivity contribution in [2.75, 3.05) is 24.6 Å². The molecule has 1 saturated carbocycles. The van der Waals surface area contributed by atoms with Gasteiger partial charge in [-0.1, -0.05) is 29.8 Å². The molecule has 136 valence electrons. The van der Waals surface area contributed by atoms with Crippen LogP contribution in [0.1, 0.15) is 24.8 Å². The van der Waals surface area contributed by atoms with Gasteiger partial charge in [-0.05, 0) is 36.9 Å². The number of rotatable bonds is 0. The molecular formula is C21H24N2O3. The summed E-state index contributed by atoms with van der Waals surface area (Å²) in [5, 5.41) is 0. The summed E-state index contributed by atoms with van der Waals surface area (Å²) in [6.45, 7) is 2.97. The second-order valence-electron chi connectivity index (χ2n) is 8.78. The molecule has 1 aromatic carbocycles. The number of carbonyl (C=O) groups is 1. The van der Waals surface area contributed by atoms with Gasteiger partial charge in [-0.2, -0.15) is 0 Å². The van der Waals surface area contributed by atoms with Gasteiger partial charge in [0, 0.05) is 29.6 Å². The maximum Gasteiger partial charge on any atom is 0.229 e. The third-order valence-electron chi connectivity index (χ3n) is 8.22. The number of benzene rings is 1. The largest absolute Gasteiger partial charge is 0.412 e. The van der Waals surface area contributed by atoms with Crippen molar-refractivity contribution in [3.8, 4) is 0 Å². The summed E-state index contributed by atoms with van der Waals surface area (Å²) in [6.07, 6.45) is 5.43. The molecule has 2 unspecified atom stereocenters. The van der Waals surface area contributed by atoms with Crippen LogP contribution < -0.4 is 4.90 Å². The predicted molar refractivity (Wildman–Crippen MR) is 97.0 cm³/mol. The standard InChI is InChI=1S/C21H22N2O2.H2O/c24-18-10-16-19-13-9-17-21(6-7-22(17)11-12(13)5-8-25-16)14-3-1-2-4-15(14)23(18)20(19)21;/h1-5,13,16-17,19-20H,6-11H2;1H2/t13-,16?,17-,19-,20?,21+;/m0./s1. The molecule has 1 aliphatic carbocycles. The van der Waals surface area contributed by atoms with Crippen LogP contribution in [0, 0.1) is 11.8 Å². The van der Waals surface area contributed by atoms with Crippen LogP contribution >= 0.6 is 0 Å². The lowest BCUT2D eigenvalue weighted by Crippen LogP contribution is -2.69. The Balaban J connectivity index is 0.00000137. The quantitative estimate of drug-likeness (QED) is 0.661. The Morgan fingerprint density at radius 3 is 3.04 bits per heavy atom. The average Bonchev–Trinajstić information content (AvgIpc) is 3.10. The molecule has 3 saturated heterocycles. The summed E-state index contributed by atoms with van der Waals surface area (Å²) in [5.74, 6) is 1.35. The molecule has 6 atom stereocenters. The van der Waals surface area contributed by atoms with E-state index < -0.39 is 0 Å². The molecule has 0 radical (unpaired) electrons. The number of hydrogen-bond acceptors (Lipinski definition) is 3. The first-order valence-electron chi connectivity index (χ1n) is 9.75. The van der Waals surface area contributed by atoms with E-state index in [4.69, 9.17) is 4.74 Å². The van der Waals surface area contributed by atoms with Crippen LogP contribution in [-0.2, 0) is 14.9 Å². The van der Waals surface area contributed by atoms with E-state index in [1.807, 2.05) is 0 Å². The van der Waals surface area contributed by atoms with Crippen molar-refractivity contribution in [3.05, 3.63) is 41.5 Å². The molecule has 5 nitrogen and oxygen atoms in total. The molecule has 1 amide bonds. The van der Waals surface area contributed by atoms with E-state index in [0.717, 1.165) is 6.54 Å². The van der Waals surface area contributed by atoms with Gasteiger partial charge in [0.05, 0.1) is 25.2 Å². The summed E-state index contributed by atoms with van der Waals surface area (Å²) in [7, 11) is 0. The lowest BCUT2D eigenvalue weighted by atomic mass is 9.53. The van der Waals surface area contributed by atoms with Crippen molar-refractivity contribution >= 4 is 11.6 Å². The summed E-state index contributed by atoms with van der Waals surface area (Å²) in [5.41, 5.74) is 4.35. The number of carbonyl (C=O) groups excluding carboxylic acids is 1. The third kappa shape index (κ3) is 1.46. The van der Waals surface area contributed by atoms with E-state index in [1.54, 1.807) is 5.57 Å². The van der Waals surface area contributed by atoms with Gasteiger partial charge in [0.1, 0.15) is 0 Å². The van der Waals surface area contributed by atoms with Crippen LogP contribution in [0.15, 0.2) is 35.9 Å². The lowest BCUT2D eigenvalue weighted by molar-refractivity contribution is -0.132. The molecule has 0 aromatic heterocycles. The van der Waals surface area contributed by atoms with Crippen molar-refractivity contribution in [1.82, 2.24) is 4.90 Å². The number of para-hydroxylation sites is 1. The van der Waals surface area contributed by atoms with Gasteiger partial charge < -0.3 is 15.1 Å². The maximum absolute atomic E-state index is 13.2. The Morgan fingerprint density at radius 2 is 2.12 bits per heavy atom. The minimum Gasteiger partial charge on any atom is -0.412 e. The van der Waals surface area contributed by atoms with E-state index >= 15 is 0 Å². The second-order valence-corrected chi connectivity index (χ2v) is 8.78. The third-order valence-corrected chi connectivity index (χ3v) is 8.22. The van der Waals surface area contributed by atoms with Gasteiger partial charge in [0.2, 0.25) is 5.91 Å². The minimum absolute atomic E-state index is 0. The molecule has 4 fully saturated rings. The Bertz CT molecular complexity index is 851. The maximum atomic E-state index is 13.2. The number of fused-ring (bicyclic) bond motifs is 2. The van der Waals surface area contributed by atoms with Gasteiger partial charge in [0.15, 0.2) is 0 Å². The molecule has 2 bridgehead atoms. The molecule has 6 aliphatic rings. The van der Waals surface area contributed by atoms with Crippen molar-refractivity contribution in [1.29, 1.82) is 0 Å². The Morgan fingerprint density at radius 1 is 1.23 bits per heavy atom. The molecule has 5 heteroatoms. The number of amides is 1. The summed E-state index contributed by atoms with van der Waals surface area (Å²) in [6, 6.07) is 9.64. The fourth-order valence-electron chi connectivity index (χ4n) is 7.51. The number of anilines is 1. The SMILES string of the molecule is O.O=C1CC2OCC=C3CN4CC[C@]56c7ccccc7N1C5[C@H]2[C@H]3C[C@H]46. The average molecular weight is 352 g/mol. The number of hydrogen-bond donors (Lipinski definition) is 0. The molecule has 5 aliphatic heterocycles. The van der Waals surface area contributed by atoms with Crippen molar-refractivity contribution in [3.63, 3.8) is 0 Å². The lowest BCUT2D eigenvalue weighted by Gasteiger charge is -2.58. The Labute approximate surface area is 152 Å². The molecular weight excluding hydrogens is 328 g/mol. The molecule has 1 aromatic rings. The monoisotopic (exact) mass is 352 g/mol. The zero-order valence-electron chi connectivity index (χ0n) is 14.7. The zero-order chi connectivity index (χ0) is 16.3. The number of ether oxygens (including phenoxy) is 1. The van der Waals surface area contributed by atoms with E-state index in [-0.39, 0.29) is 22.9 Å². The highest BCUT2D eigenvalue weighted by molar-refractivity contribution is 5.99. The fraction of sp³-hybridized carbons (Fsp3) is 0.571. The second kappa shape index (κ2) is 4.77. The van der Waals surface area contributed by atoms with Crippen molar-refractivity contribution in [2.24, 2.45) is 11.8 Å². The van der Waals surface area contributed by atoms with E-state index in [9.17, 15) is 4.79 Å². The first-order valence-corrected chi connectivity index (χ1v) is 9.75. The Kier molecular flexibility index (Phi) is 2.82. The van der Waals surface area contributed by atoms with Crippen molar-refractivity contribution < 1.29 is 15.0 Å². The number of nitrogens with zero attached hydrogens (tertiary/aromatic N) is 2. The van der Waals surface area contributed by atoms with Gasteiger partial charge in [-0.3, -0.25) is 9.69 Å². The highest BCUT2D eigenvalue weighted by atomic mass is 16.5. The van der Waals surface area contributed by atoms with Gasteiger partial charge in [-0.25, -0.2) is 0 Å². The molecule has 5 heterocycles. The van der Waals surface area contributed by atoms with Crippen LogP contribution in [-0.4, -0.2) is 54.2 Å². The van der Waals surface area contributed by atoms with E-state index in [2.05, 4.69) is 40.1 Å². The van der Waals surface area contributed by atoms with Gasteiger partial charge >= 0.3 is 0 Å². The van der Waals surface area contributed by atoms with Gasteiger partial charge in [0.25, 0.3) is 0 Å². The smallest absolute Gasteiger partial charge is 0.229 e. The highest BCUT2D eigenvalue weighted by Crippen LogP contribution is 2.65. The van der Waals surface area contributed by atoms with Crippen LogP contribution in [0.5, 0.6) is 0 Å². The molecule has 26 heavy (non-hydrogen) atoms.